The molecule has 84 valence electrons. The zero-order valence-electron chi connectivity index (χ0n) is 10.2. The van der Waals surface area contributed by atoms with Gasteiger partial charge in [0.15, 0.2) is 0 Å². The number of hydrogen-bond acceptors (Lipinski definition) is 3. The minimum absolute atomic E-state index is 0.191. The smallest absolute Gasteiger partial charge is 0.213 e. The Labute approximate surface area is 91.9 Å². The van der Waals surface area contributed by atoms with E-state index in [4.69, 9.17) is 4.74 Å². The van der Waals surface area contributed by atoms with Crippen LogP contribution < -0.4 is 10.1 Å². The molecular formula is C12H20N2O. The van der Waals surface area contributed by atoms with Crippen LogP contribution in [0.3, 0.4) is 0 Å². The monoisotopic (exact) mass is 208 g/mol. The van der Waals surface area contributed by atoms with Crippen molar-refractivity contribution in [1.82, 2.24) is 10.3 Å². The van der Waals surface area contributed by atoms with Gasteiger partial charge in [0.2, 0.25) is 5.88 Å². The van der Waals surface area contributed by atoms with Crippen molar-refractivity contribution < 1.29 is 4.74 Å². The van der Waals surface area contributed by atoms with Gasteiger partial charge in [0, 0.05) is 18.3 Å². The van der Waals surface area contributed by atoms with Crippen LogP contribution >= 0.6 is 0 Å². The van der Waals surface area contributed by atoms with Crippen LogP contribution in [-0.4, -0.2) is 17.6 Å². The highest BCUT2D eigenvalue weighted by molar-refractivity contribution is 5.20. The third-order valence-electron chi connectivity index (χ3n) is 2.10. The number of rotatable bonds is 3. The van der Waals surface area contributed by atoms with Gasteiger partial charge in [-0.1, -0.05) is 6.07 Å². The number of nitrogens with zero attached hydrogens (tertiary/aromatic N) is 1. The van der Waals surface area contributed by atoms with Crippen molar-refractivity contribution >= 4 is 0 Å². The minimum atomic E-state index is -0.191. The van der Waals surface area contributed by atoms with Crippen molar-refractivity contribution in [3.63, 3.8) is 0 Å². The molecule has 1 aromatic heterocycles. The van der Waals surface area contributed by atoms with Gasteiger partial charge in [-0.05, 0) is 40.3 Å². The van der Waals surface area contributed by atoms with Crippen LogP contribution in [0.1, 0.15) is 39.3 Å². The Hall–Kier alpha value is -1.09. The number of aromatic nitrogens is 1. The quantitative estimate of drug-likeness (QED) is 0.829. The van der Waals surface area contributed by atoms with Crippen LogP contribution in [0.5, 0.6) is 5.88 Å². The first kappa shape index (κ1) is 12.0. The van der Waals surface area contributed by atoms with Crippen molar-refractivity contribution in [2.75, 3.05) is 7.05 Å². The highest BCUT2D eigenvalue weighted by Gasteiger charge is 2.12. The molecule has 0 aliphatic heterocycles. The van der Waals surface area contributed by atoms with Crippen LogP contribution in [0.15, 0.2) is 18.3 Å². The SMILES string of the molecule is CNC(C)c1ccc(OC(C)(C)C)nc1. The molecule has 0 radical (unpaired) electrons. The van der Waals surface area contributed by atoms with Crippen LogP contribution in [0.4, 0.5) is 0 Å². The molecule has 0 saturated carbocycles. The predicted molar refractivity (Wildman–Crippen MR) is 62.1 cm³/mol. The molecule has 0 aliphatic rings. The van der Waals surface area contributed by atoms with Crippen LogP contribution in [-0.2, 0) is 0 Å². The lowest BCUT2D eigenvalue weighted by molar-refractivity contribution is 0.124. The van der Waals surface area contributed by atoms with Crippen LogP contribution in [0.2, 0.25) is 0 Å². The summed E-state index contributed by atoms with van der Waals surface area (Å²) >= 11 is 0. The van der Waals surface area contributed by atoms with Crippen molar-refractivity contribution in [3.05, 3.63) is 23.9 Å². The first-order valence-electron chi connectivity index (χ1n) is 5.24. The molecule has 1 aromatic rings. The topological polar surface area (TPSA) is 34.1 Å². The Bertz CT molecular complexity index is 300. The molecule has 1 atom stereocenters. The summed E-state index contributed by atoms with van der Waals surface area (Å²) in [6.07, 6.45) is 1.85. The molecule has 1 heterocycles. The summed E-state index contributed by atoms with van der Waals surface area (Å²) in [7, 11) is 1.93. The van der Waals surface area contributed by atoms with E-state index in [1.165, 1.54) is 5.56 Å². The predicted octanol–water partition coefficient (Wildman–Crippen LogP) is 2.54. The Kier molecular flexibility index (Phi) is 3.69. The van der Waals surface area contributed by atoms with Gasteiger partial charge < -0.3 is 10.1 Å². The summed E-state index contributed by atoms with van der Waals surface area (Å²) in [6, 6.07) is 4.27. The van der Waals surface area contributed by atoms with Gasteiger partial charge in [-0.25, -0.2) is 4.98 Å². The Morgan fingerprint density at radius 2 is 2.00 bits per heavy atom. The summed E-state index contributed by atoms with van der Waals surface area (Å²) in [6.45, 7) is 8.14. The molecule has 3 nitrogen and oxygen atoms in total. The van der Waals surface area contributed by atoms with E-state index in [1.807, 2.05) is 46.1 Å². The van der Waals surface area contributed by atoms with Gasteiger partial charge in [0.05, 0.1) is 0 Å². The second kappa shape index (κ2) is 4.62. The number of pyridine rings is 1. The van der Waals surface area contributed by atoms with E-state index in [2.05, 4.69) is 17.2 Å². The highest BCUT2D eigenvalue weighted by Crippen LogP contribution is 2.17. The summed E-state index contributed by atoms with van der Waals surface area (Å²) < 4.78 is 5.64. The minimum Gasteiger partial charge on any atom is -0.472 e. The maximum absolute atomic E-state index is 5.64. The zero-order chi connectivity index (χ0) is 11.5. The highest BCUT2D eigenvalue weighted by atomic mass is 16.5. The van der Waals surface area contributed by atoms with Gasteiger partial charge in [-0.3, -0.25) is 0 Å². The van der Waals surface area contributed by atoms with E-state index < -0.39 is 0 Å². The fourth-order valence-electron chi connectivity index (χ4n) is 1.19. The van der Waals surface area contributed by atoms with Crippen molar-refractivity contribution in [3.8, 4) is 5.88 Å². The standard InChI is InChI=1S/C12H20N2O/c1-9(13-5)10-6-7-11(14-8-10)15-12(2,3)4/h6-9,13H,1-5H3. The first-order valence-corrected chi connectivity index (χ1v) is 5.24. The average Bonchev–Trinajstić information content (AvgIpc) is 2.15. The lowest BCUT2D eigenvalue weighted by atomic mass is 10.1. The molecule has 0 fully saturated rings. The molecule has 3 heteroatoms. The van der Waals surface area contributed by atoms with Gasteiger partial charge in [-0.15, -0.1) is 0 Å². The molecule has 0 aromatic carbocycles. The third-order valence-corrected chi connectivity index (χ3v) is 2.10. The number of nitrogens with one attached hydrogen (secondary N) is 1. The van der Waals surface area contributed by atoms with E-state index in [0.29, 0.717) is 11.9 Å². The molecule has 15 heavy (non-hydrogen) atoms. The van der Waals surface area contributed by atoms with Crippen molar-refractivity contribution in [2.45, 2.75) is 39.3 Å². The summed E-state index contributed by atoms with van der Waals surface area (Å²) in [5, 5.41) is 3.17. The molecule has 0 aliphatic carbocycles. The lowest BCUT2D eigenvalue weighted by Crippen LogP contribution is -2.23. The molecule has 0 spiro atoms. The normalized spacial score (nSPS) is 13.7. The largest absolute Gasteiger partial charge is 0.472 e. The molecule has 0 bridgehead atoms. The van der Waals surface area contributed by atoms with E-state index in [-0.39, 0.29) is 5.60 Å². The maximum atomic E-state index is 5.64. The number of hydrogen-bond donors (Lipinski definition) is 1. The Balaban J connectivity index is 2.72. The molecule has 1 unspecified atom stereocenters. The summed E-state index contributed by atoms with van der Waals surface area (Å²) in [5.41, 5.74) is 0.974. The van der Waals surface area contributed by atoms with Crippen LogP contribution in [0.25, 0.3) is 0 Å². The lowest BCUT2D eigenvalue weighted by Gasteiger charge is -2.20. The van der Waals surface area contributed by atoms with Gasteiger partial charge >= 0.3 is 0 Å². The molecule has 0 saturated heterocycles. The van der Waals surface area contributed by atoms with E-state index in [9.17, 15) is 0 Å². The van der Waals surface area contributed by atoms with Gasteiger partial charge in [-0.2, -0.15) is 0 Å². The van der Waals surface area contributed by atoms with Crippen LogP contribution in [0, 0.1) is 0 Å². The summed E-state index contributed by atoms with van der Waals surface area (Å²) in [4.78, 5) is 4.27. The van der Waals surface area contributed by atoms with Gasteiger partial charge in [0.25, 0.3) is 0 Å². The second-order valence-corrected chi connectivity index (χ2v) is 4.65. The van der Waals surface area contributed by atoms with E-state index in [1.54, 1.807) is 0 Å². The molecule has 1 rings (SSSR count). The van der Waals surface area contributed by atoms with E-state index >= 15 is 0 Å². The van der Waals surface area contributed by atoms with E-state index in [0.717, 1.165) is 0 Å². The Morgan fingerprint density at radius 3 is 2.40 bits per heavy atom. The summed E-state index contributed by atoms with van der Waals surface area (Å²) in [5.74, 6) is 0.676. The third kappa shape index (κ3) is 3.88. The second-order valence-electron chi connectivity index (χ2n) is 4.65. The molecule has 1 N–H and O–H groups in total. The van der Waals surface area contributed by atoms with Crippen molar-refractivity contribution in [1.29, 1.82) is 0 Å². The fraction of sp³-hybridized carbons (Fsp3) is 0.583. The van der Waals surface area contributed by atoms with Gasteiger partial charge in [0.1, 0.15) is 5.60 Å². The fourth-order valence-corrected chi connectivity index (χ4v) is 1.19. The first-order chi connectivity index (χ1) is 6.92. The average molecular weight is 208 g/mol. The number of ether oxygens (including phenoxy) is 1. The van der Waals surface area contributed by atoms with Crippen molar-refractivity contribution in [2.24, 2.45) is 0 Å². The Morgan fingerprint density at radius 1 is 1.33 bits per heavy atom. The molecule has 0 amide bonds. The molecular weight excluding hydrogens is 188 g/mol. The zero-order valence-corrected chi connectivity index (χ0v) is 10.2. The maximum Gasteiger partial charge on any atom is 0.213 e.